The highest BCUT2D eigenvalue weighted by molar-refractivity contribution is 5.79. The summed E-state index contributed by atoms with van der Waals surface area (Å²) in [6.07, 6.45) is 5.14. The molecule has 0 aliphatic heterocycles. The maximum atomic E-state index is 4.22. The molecule has 18 heavy (non-hydrogen) atoms. The van der Waals surface area contributed by atoms with Gasteiger partial charge >= 0.3 is 0 Å². The number of nitrogens with one attached hydrogen (secondary N) is 2. The van der Waals surface area contributed by atoms with Gasteiger partial charge in [0.05, 0.1) is 0 Å². The normalized spacial score (nSPS) is 12.3. The Balaban J connectivity index is 3.59. The van der Waals surface area contributed by atoms with E-state index in [2.05, 4.69) is 48.3 Å². The van der Waals surface area contributed by atoms with Gasteiger partial charge in [-0.2, -0.15) is 0 Å². The highest BCUT2D eigenvalue weighted by Crippen LogP contribution is 1.96. The first kappa shape index (κ1) is 17.2. The Morgan fingerprint density at radius 3 is 2.33 bits per heavy atom. The topological polar surface area (TPSA) is 39.7 Å². The standard InChI is InChI=1S/C14H32N4/c1-6-7-8-9-10-16-14(15-4)17-11-12-18(5)13(2)3/h13H,6-12H2,1-5H3,(H2,15,16,17). The van der Waals surface area contributed by atoms with Crippen LogP contribution in [0.3, 0.4) is 0 Å². The smallest absolute Gasteiger partial charge is 0.191 e. The number of likely N-dealkylation sites (N-methyl/N-ethyl adjacent to an activating group) is 1. The largest absolute Gasteiger partial charge is 0.356 e. The summed E-state index contributed by atoms with van der Waals surface area (Å²) < 4.78 is 0. The van der Waals surface area contributed by atoms with Crippen molar-refractivity contribution in [2.75, 3.05) is 33.7 Å². The average molecular weight is 256 g/mol. The second-order valence-corrected chi connectivity index (χ2v) is 5.06. The maximum absolute atomic E-state index is 4.22. The first-order valence-corrected chi connectivity index (χ1v) is 7.26. The van der Waals surface area contributed by atoms with Gasteiger partial charge in [-0.05, 0) is 27.3 Å². The minimum atomic E-state index is 0.593. The van der Waals surface area contributed by atoms with Crippen molar-refractivity contribution in [1.82, 2.24) is 15.5 Å². The van der Waals surface area contributed by atoms with Crippen molar-refractivity contribution in [3.05, 3.63) is 0 Å². The van der Waals surface area contributed by atoms with Crippen molar-refractivity contribution in [2.24, 2.45) is 4.99 Å². The van der Waals surface area contributed by atoms with Crippen LogP contribution in [0.4, 0.5) is 0 Å². The molecule has 0 rings (SSSR count). The Morgan fingerprint density at radius 1 is 1.11 bits per heavy atom. The van der Waals surface area contributed by atoms with Crippen LogP contribution in [0.2, 0.25) is 0 Å². The SMILES string of the molecule is CCCCCCNC(=NC)NCCN(C)C(C)C. The molecule has 0 aliphatic rings. The third kappa shape index (κ3) is 9.28. The zero-order chi connectivity index (χ0) is 13.8. The van der Waals surface area contributed by atoms with Crippen molar-refractivity contribution in [1.29, 1.82) is 0 Å². The molecule has 0 heterocycles. The lowest BCUT2D eigenvalue weighted by molar-refractivity contribution is 0.278. The highest BCUT2D eigenvalue weighted by atomic mass is 15.2. The number of guanidine groups is 1. The van der Waals surface area contributed by atoms with Crippen LogP contribution < -0.4 is 10.6 Å². The number of rotatable bonds is 9. The minimum Gasteiger partial charge on any atom is -0.356 e. The molecule has 2 N–H and O–H groups in total. The van der Waals surface area contributed by atoms with Gasteiger partial charge in [-0.25, -0.2) is 0 Å². The molecule has 0 bridgehead atoms. The van der Waals surface area contributed by atoms with Crippen LogP contribution >= 0.6 is 0 Å². The molecule has 0 fully saturated rings. The Kier molecular flexibility index (Phi) is 10.8. The fourth-order valence-electron chi connectivity index (χ4n) is 1.59. The molecule has 0 radical (unpaired) electrons. The molecule has 0 aromatic rings. The lowest BCUT2D eigenvalue weighted by Crippen LogP contribution is -2.42. The van der Waals surface area contributed by atoms with Gasteiger partial charge in [0.2, 0.25) is 0 Å². The third-order valence-electron chi connectivity index (χ3n) is 3.18. The van der Waals surface area contributed by atoms with Gasteiger partial charge in [0.15, 0.2) is 5.96 Å². The van der Waals surface area contributed by atoms with Gasteiger partial charge in [-0.15, -0.1) is 0 Å². The summed E-state index contributed by atoms with van der Waals surface area (Å²) in [4.78, 5) is 6.54. The molecule has 0 spiro atoms. The van der Waals surface area contributed by atoms with E-state index in [1.807, 2.05) is 7.05 Å². The van der Waals surface area contributed by atoms with E-state index in [9.17, 15) is 0 Å². The van der Waals surface area contributed by atoms with Gasteiger partial charge in [-0.3, -0.25) is 4.99 Å². The number of aliphatic imine (C=N–C) groups is 1. The van der Waals surface area contributed by atoms with Gasteiger partial charge in [0.25, 0.3) is 0 Å². The van der Waals surface area contributed by atoms with Gasteiger partial charge in [0.1, 0.15) is 0 Å². The van der Waals surface area contributed by atoms with Crippen LogP contribution in [-0.4, -0.2) is 50.6 Å². The molecule has 0 aromatic heterocycles. The minimum absolute atomic E-state index is 0.593. The van der Waals surface area contributed by atoms with E-state index >= 15 is 0 Å². The summed E-state index contributed by atoms with van der Waals surface area (Å²) in [6, 6.07) is 0.593. The Bertz CT molecular complexity index is 214. The molecule has 4 heteroatoms. The fourth-order valence-corrected chi connectivity index (χ4v) is 1.59. The van der Waals surface area contributed by atoms with E-state index in [1.54, 1.807) is 0 Å². The summed E-state index contributed by atoms with van der Waals surface area (Å²) in [6.45, 7) is 9.64. The first-order valence-electron chi connectivity index (χ1n) is 7.26. The summed E-state index contributed by atoms with van der Waals surface area (Å²) in [7, 11) is 3.97. The Labute approximate surface area is 113 Å². The predicted molar refractivity (Wildman–Crippen MR) is 81.3 cm³/mol. The molecule has 0 unspecified atom stereocenters. The zero-order valence-corrected chi connectivity index (χ0v) is 12.9. The van der Waals surface area contributed by atoms with E-state index < -0.39 is 0 Å². The van der Waals surface area contributed by atoms with Crippen molar-refractivity contribution < 1.29 is 0 Å². The van der Waals surface area contributed by atoms with E-state index in [0.717, 1.165) is 25.6 Å². The second kappa shape index (κ2) is 11.3. The molecule has 108 valence electrons. The Morgan fingerprint density at radius 2 is 1.78 bits per heavy atom. The lowest BCUT2D eigenvalue weighted by Gasteiger charge is -2.21. The molecule has 0 aliphatic carbocycles. The van der Waals surface area contributed by atoms with E-state index in [-0.39, 0.29) is 0 Å². The fraction of sp³-hybridized carbons (Fsp3) is 0.929. The molecule has 0 amide bonds. The molecule has 0 saturated carbocycles. The predicted octanol–water partition coefficient (Wildman–Crippen LogP) is 2.07. The molecular formula is C14H32N4. The third-order valence-corrected chi connectivity index (χ3v) is 3.18. The quantitative estimate of drug-likeness (QED) is 0.377. The van der Waals surface area contributed by atoms with E-state index in [0.29, 0.717) is 6.04 Å². The molecule has 0 saturated heterocycles. The maximum Gasteiger partial charge on any atom is 0.191 e. The molecule has 0 atom stereocenters. The summed E-state index contributed by atoms with van der Waals surface area (Å²) in [5.74, 6) is 0.920. The van der Waals surface area contributed by atoms with Crippen LogP contribution in [-0.2, 0) is 0 Å². The van der Waals surface area contributed by atoms with Gasteiger partial charge < -0.3 is 15.5 Å². The molecule has 0 aromatic carbocycles. The van der Waals surface area contributed by atoms with Gasteiger partial charge in [-0.1, -0.05) is 26.2 Å². The van der Waals surface area contributed by atoms with Gasteiger partial charge in [0, 0.05) is 32.7 Å². The second-order valence-electron chi connectivity index (χ2n) is 5.06. The van der Waals surface area contributed by atoms with Crippen molar-refractivity contribution >= 4 is 5.96 Å². The number of nitrogens with zero attached hydrogens (tertiary/aromatic N) is 2. The van der Waals surface area contributed by atoms with Crippen molar-refractivity contribution in [3.8, 4) is 0 Å². The Hall–Kier alpha value is -0.770. The summed E-state index contributed by atoms with van der Waals surface area (Å²) in [5, 5.41) is 6.69. The molecular weight excluding hydrogens is 224 g/mol. The van der Waals surface area contributed by atoms with E-state index in [4.69, 9.17) is 0 Å². The zero-order valence-electron chi connectivity index (χ0n) is 12.9. The van der Waals surface area contributed by atoms with Crippen molar-refractivity contribution in [3.63, 3.8) is 0 Å². The summed E-state index contributed by atoms with van der Waals surface area (Å²) in [5.41, 5.74) is 0. The van der Waals surface area contributed by atoms with Crippen LogP contribution in [0, 0.1) is 0 Å². The van der Waals surface area contributed by atoms with Crippen LogP contribution in [0.1, 0.15) is 46.5 Å². The highest BCUT2D eigenvalue weighted by Gasteiger charge is 2.02. The molecule has 4 nitrogen and oxygen atoms in total. The van der Waals surface area contributed by atoms with Crippen molar-refractivity contribution in [2.45, 2.75) is 52.5 Å². The van der Waals surface area contributed by atoms with E-state index in [1.165, 1.54) is 25.7 Å². The number of unbranched alkanes of at least 4 members (excludes halogenated alkanes) is 3. The van der Waals surface area contributed by atoms with Crippen LogP contribution in [0.5, 0.6) is 0 Å². The van der Waals surface area contributed by atoms with Crippen LogP contribution in [0.15, 0.2) is 4.99 Å². The average Bonchev–Trinajstić information content (AvgIpc) is 2.36. The number of hydrogen-bond donors (Lipinski definition) is 2. The summed E-state index contributed by atoms with van der Waals surface area (Å²) >= 11 is 0. The number of hydrogen-bond acceptors (Lipinski definition) is 2. The van der Waals surface area contributed by atoms with Crippen LogP contribution in [0.25, 0.3) is 0 Å². The monoisotopic (exact) mass is 256 g/mol. The lowest BCUT2D eigenvalue weighted by atomic mass is 10.2. The first-order chi connectivity index (χ1) is 8.61.